The zero-order chi connectivity index (χ0) is 15.3. The molecule has 3 atom stereocenters. The van der Waals surface area contributed by atoms with E-state index in [9.17, 15) is 9.59 Å². The van der Waals surface area contributed by atoms with Crippen LogP contribution in [-0.2, 0) is 9.59 Å². The molecule has 108 valence electrons. The van der Waals surface area contributed by atoms with Gasteiger partial charge in [0.1, 0.15) is 0 Å². The smallest absolute Gasteiger partial charge is 0.226 e. The third-order valence-corrected chi connectivity index (χ3v) is 5.10. The van der Waals surface area contributed by atoms with Crippen molar-refractivity contribution in [2.45, 2.75) is 47.1 Å². The highest BCUT2D eigenvalue weighted by molar-refractivity contribution is 6.02. The molecular weight excluding hydrogens is 252 g/mol. The van der Waals surface area contributed by atoms with Crippen LogP contribution in [0.5, 0.6) is 0 Å². The first-order valence-corrected chi connectivity index (χ1v) is 7.06. The summed E-state index contributed by atoms with van der Waals surface area (Å²) in [6.07, 6.45) is 2.61. The van der Waals surface area contributed by atoms with Crippen LogP contribution in [0.3, 0.4) is 0 Å². The molecule has 0 aromatic heterocycles. The Labute approximate surface area is 120 Å². The van der Waals surface area contributed by atoms with Gasteiger partial charge in [-0.25, -0.2) is 4.85 Å². The molecule has 1 fully saturated rings. The second kappa shape index (κ2) is 4.44. The van der Waals surface area contributed by atoms with Gasteiger partial charge in [-0.15, -0.1) is 0 Å². The Morgan fingerprint density at radius 1 is 1.45 bits per heavy atom. The normalized spacial score (nSPS) is 35.9. The number of hydrogen-bond acceptors (Lipinski definition) is 2. The molecule has 2 aliphatic rings. The van der Waals surface area contributed by atoms with Crippen LogP contribution in [0, 0.1) is 23.3 Å². The Bertz CT molecular complexity index is 541. The van der Waals surface area contributed by atoms with E-state index in [4.69, 9.17) is 6.57 Å². The lowest BCUT2D eigenvalue weighted by atomic mass is 9.54. The Balaban J connectivity index is 2.52. The number of carbonyl (C=O) groups excluding carboxylic acids is 2. The summed E-state index contributed by atoms with van der Waals surface area (Å²) in [6.45, 7) is 17.4. The fourth-order valence-electron chi connectivity index (χ4n) is 4.01. The fourth-order valence-corrected chi connectivity index (χ4v) is 4.01. The number of hydrogen-bond donors (Lipinski definition) is 0. The Hall–Kier alpha value is -1.63. The first kappa shape index (κ1) is 14.8. The van der Waals surface area contributed by atoms with Gasteiger partial charge >= 0.3 is 0 Å². The number of carbonyl (C=O) groups is 2. The van der Waals surface area contributed by atoms with Crippen molar-refractivity contribution in [3.8, 4) is 0 Å². The SMILES string of the molecule is [C-]#[N+]C1=C[C@@]2(C)CN(C(C)=O)[C@H](C)C[C@@H]2C(C)(C)C1=O. The van der Waals surface area contributed by atoms with Crippen molar-refractivity contribution >= 4 is 11.7 Å². The lowest BCUT2D eigenvalue weighted by Crippen LogP contribution is -2.59. The lowest BCUT2D eigenvalue weighted by Gasteiger charge is -2.55. The highest BCUT2D eigenvalue weighted by Crippen LogP contribution is 2.53. The molecular formula is C16H22N2O2. The number of piperidine rings is 1. The molecule has 4 nitrogen and oxygen atoms in total. The topological polar surface area (TPSA) is 41.7 Å². The fraction of sp³-hybridized carbons (Fsp3) is 0.688. The van der Waals surface area contributed by atoms with Gasteiger partial charge in [-0.3, -0.25) is 4.79 Å². The van der Waals surface area contributed by atoms with Gasteiger partial charge in [0, 0.05) is 24.9 Å². The van der Waals surface area contributed by atoms with Crippen LogP contribution >= 0.6 is 0 Å². The molecule has 2 rings (SSSR count). The summed E-state index contributed by atoms with van der Waals surface area (Å²) >= 11 is 0. The van der Waals surface area contributed by atoms with Gasteiger partial charge < -0.3 is 9.69 Å². The van der Waals surface area contributed by atoms with E-state index >= 15 is 0 Å². The highest BCUT2D eigenvalue weighted by Gasteiger charge is 2.54. The van der Waals surface area contributed by atoms with Crippen LogP contribution in [0.15, 0.2) is 11.8 Å². The number of allylic oxidation sites excluding steroid dienone is 1. The van der Waals surface area contributed by atoms with E-state index in [2.05, 4.69) is 11.8 Å². The van der Waals surface area contributed by atoms with E-state index in [0.717, 1.165) is 6.42 Å². The second-order valence-corrected chi connectivity index (χ2v) is 6.98. The maximum Gasteiger partial charge on any atom is 0.226 e. The Morgan fingerprint density at radius 2 is 2.05 bits per heavy atom. The van der Waals surface area contributed by atoms with Gasteiger partial charge in [0.15, 0.2) is 5.78 Å². The molecule has 1 heterocycles. The number of ketones is 1. The summed E-state index contributed by atoms with van der Waals surface area (Å²) in [5.41, 5.74) is -0.609. The molecule has 0 unspecified atom stereocenters. The van der Waals surface area contributed by atoms with Crippen molar-refractivity contribution in [2.75, 3.05) is 6.54 Å². The van der Waals surface area contributed by atoms with Gasteiger partial charge in [0.2, 0.25) is 11.6 Å². The lowest BCUT2D eigenvalue weighted by molar-refractivity contribution is -0.143. The largest absolute Gasteiger partial charge is 0.339 e. The van der Waals surface area contributed by atoms with Crippen molar-refractivity contribution in [2.24, 2.45) is 16.7 Å². The summed E-state index contributed by atoms with van der Waals surface area (Å²) in [6, 6.07) is 0.139. The molecule has 1 saturated heterocycles. The van der Waals surface area contributed by atoms with Crippen molar-refractivity contribution in [3.63, 3.8) is 0 Å². The summed E-state index contributed by atoms with van der Waals surface area (Å²) in [4.78, 5) is 29.5. The third-order valence-electron chi connectivity index (χ3n) is 5.10. The van der Waals surface area contributed by atoms with Gasteiger partial charge in [-0.05, 0) is 24.7 Å². The molecule has 1 aliphatic heterocycles. The van der Waals surface area contributed by atoms with Crippen LogP contribution in [0.2, 0.25) is 0 Å². The molecule has 0 aromatic rings. The van der Waals surface area contributed by atoms with Crippen LogP contribution in [-0.4, -0.2) is 29.2 Å². The first-order chi connectivity index (χ1) is 9.13. The maximum atomic E-state index is 12.4. The minimum atomic E-state index is -0.541. The Kier molecular flexibility index (Phi) is 3.28. The van der Waals surface area contributed by atoms with Gasteiger partial charge in [0.25, 0.3) is 0 Å². The monoisotopic (exact) mass is 274 g/mol. The van der Waals surface area contributed by atoms with Crippen LogP contribution in [0.4, 0.5) is 0 Å². The quantitative estimate of drug-likeness (QED) is 0.637. The summed E-state index contributed by atoms with van der Waals surface area (Å²) in [5.74, 6) is 0.168. The van der Waals surface area contributed by atoms with E-state index in [0.29, 0.717) is 6.54 Å². The van der Waals surface area contributed by atoms with E-state index in [1.165, 1.54) is 0 Å². The minimum absolute atomic E-state index is 0.0570. The van der Waals surface area contributed by atoms with E-state index in [-0.39, 0.29) is 34.8 Å². The molecule has 0 N–H and O–H groups in total. The van der Waals surface area contributed by atoms with E-state index in [1.807, 2.05) is 25.7 Å². The van der Waals surface area contributed by atoms with Crippen LogP contribution in [0.1, 0.15) is 41.0 Å². The number of likely N-dealkylation sites (tertiary alicyclic amines) is 1. The molecule has 1 amide bonds. The molecule has 0 bridgehead atoms. The predicted octanol–water partition coefficient (Wildman–Crippen LogP) is 2.66. The summed E-state index contributed by atoms with van der Waals surface area (Å²) < 4.78 is 0. The zero-order valence-electron chi connectivity index (χ0n) is 12.9. The van der Waals surface area contributed by atoms with Crippen LogP contribution < -0.4 is 0 Å². The Morgan fingerprint density at radius 3 is 2.55 bits per heavy atom. The third kappa shape index (κ3) is 1.96. The first-order valence-electron chi connectivity index (χ1n) is 7.06. The molecule has 20 heavy (non-hydrogen) atoms. The molecule has 0 spiro atoms. The molecule has 0 aromatic carbocycles. The molecule has 0 saturated carbocycles. The summed E-state index contributed by atoms with van der Waals surface area (Å²) in [5, 5.41) is 0. The maximum absolute atomic E-state index is 12.4. The van der Waals surface area contributed by atoms with Crippen LogP contribution in [0.25, 0.3) is 4.85 Å². The zero-order valence-corrected chi connectivity index (χ0v) is 12.9. The molecule has 1 aliphatic carbocycles. The van der Waals surface area contributed by atoms with Crippen molar-refractivity contribution in [3.05, 3.63) is 23.2 Å². The number of amides is 1. The number of rotatable bonds is 0. The van der Waals surface area contributed by atoms with Crippen molar-refractivity contribution in [1.82, 2.24) is 4.90 Å². The van der Waals surface area contributed by atoms with Gasteiger partial charge in [-0.1, -0.05) is 26.8 Å². The van der Waals surface area contributed by atoms with E-state index in [1.54, 1.807) is 13.0 Å². The minimum Gasteiger partial charge on any atom is -0.339 e. The molecule has 4 heteroatoms. The van der Waals surface area contributed by atoms with Gasteiger partial charge in [0.05, 0.1) is 6.57 Å². The number of nitrogens with zero attached hydrogens (tertiary/aromatic N) is 2. The number of Topliss-reactive ketones (excluding diaryl/α,β-unsaturated/α-hetero) is 1. The van der Waals surface area contributed by atoms with Crippen molar-refractivity contribution in [1.29, 1.82) is 0 Å². The average Bonchev–Trinajstić information content (AvgIpc) is 2.36. The van der Waals surface area contributed by atoms with Gasteiger partial charge in [-0.2, -0.15) is 0 Å². The predicted molar refractivity (Wildman–Crippen MR) is 76.5 cm³/mol. The summed E-state index contributed by atoms with van der Waals surface area (Å²) in [7, 11) is 0. The van der Waals surface area contributed by atoms with Crippen molar-refractivity contribution < 1.29 is 9.59 Å². The molecule has 0 radical (unpaired) electrons. The highest BCUT2D eigenvalue weighted by atomic mass is 16.2. The standard InChI is InChI=1S/C16H22N2O2/c1-10-7-13-15(3,4)14(20)12(17-6)8-16(13,5)9-18(10)11(2)19/h8,10,13H,7,9H2,1-5H3/t10-,13-,16+/m1/s1. The number of fused-ring (bicyclic) bond motifs is 1. The second-order valence-electron chi connectivity index (χ2n) is 6.98. The average molecular weight is 274 g/mol. The van der Waals surface area contributed by atoms with E-state index < -0.39 is 5.41 Å².